The van der Waals surface area contributed by atoms with Gasteiger partial charge < -0.3 is 9.88 Å². The molecule has 2 heterocycles. The molecule has 2 atom stereocenters. The highest BCUT2D eigenvalue weighted by Gasteiger charge is 2.28. The number of piperidine rings is 1. The smallest absolute Gasteiger partial charge is 0.228 e. The van der Waals surface area contributed by atoms with Gasteiger partial charge in [-0.3, -0.25) is 4.79 Å². The van der Waals surface area contributed by atoms with Crippen molar-refractivity contribution in [3.63, 3.8) is 0 Å². The van der Waals surface area contributed by atoms with Crippen molar-refractivity contribution in [2.24, 2.45) is 0 Å². The number of hydrogen-bond donors (Lipinski definition) is 1. The first-order chi connectivity index (χ1) is 7.68. The molecule has 1 amide bonds. The van der Waals surface area contributed by atoms with Gasteiger partial charge in [0.1, 0.15) is 0 Å². The van der Waals surface area contributed by atoms with Crippen LogP contribution in [0, 0.1) is 0 Å². The fourth-order valence-electron chi connectivity index (χ4n) is 2.64. The quantitative estimate of drug-likeness (QED) is 0.816. The molecule has 16 heavy (non-hydrogen) atoms. The number of aromatic amines is 1. The number of aromatic nitrogens is 1. The molecule has 1 aliphatic rings. The second-order valence-corrected chi connectivity index (χ2v) is 4.80. The molecule has 0 aliphatic carbocycles. The maximum Gasteiger partial charge on any atom is 0.228 e. The van der Waals surface area contributed by atoms with Crippen LogP contribution in [-0.2, 0) is 11.2 Å². The normalized spacial score (nSPS) is 25.8. The number of carbonyl (C=O) groups excluding carboxylic acids is 1. The first-order valence-electron chi connectivity index (χ1n) is 6.12. The lowest BCUT2D eigenvalue weighted by atomic mass is 9.97. The molecular weight excluding hydrogens is 200 g/mol. The van der Waals surface area contributed by atoms with Gasteiger partial charge in [-0.2, -0.15) is 0 Å². The van der Waals surface area contributed by atoms with Crippen molar-refractivity contribution < 1.29 is 4.79 Å². The predicted molar refractivity (Wildman–Crippen MR) is 64.1 cm³/mol. The summed E-state index contributed by atoms with van der Waals surface area (Å²) in [5.41, 5.74) is 1.01. The van der Waals surface area contributed by atoms with E-state index in [4.69, 9.17) is 0 Å². The summed E-state index contributed by atoms with van der Waals surface area (Å²) in [5, 5.41) is 0. The zero-order valence-corrected chi connectivity index (χ0v) is 10.1. The topological polar surface area (TPSA) is 36.1 Å². The van der Waals surface area contributed by atoms with E-state index >= 15 is 0 Å². The number of likely N-dealkylation sites (tertiary alicyclic amines) is 1. The van der Waals surface area contributed by atoms with Crippen molar-refractivity contribution in [3.05, 3.63) is 24.0 Å². The monoisotopic (exact) mass is 220 g/mol. The molecule has 88 valence electrons. The minimum Gasteiger partial charge on any atom is -0.365 e. The average Bonchev–Trinajstić information content (AvgIpc) is 2.70. The van der Waals surface area contributed by atoms with Crippen LogP contribution in [-0.4, -0.2) is 27.9 Å². The average molecular weight is 220 g/mol. The van der Waals surface area contributed by atoms with Gasteiger partial charge in [0.15, 0.2) is 0 Å². The lowest BCUT2D eigenvalue weighted by Gasteiger charge is -2.39. The van der Waals surface area contributed by atoms with E-state index in [2.05, 4.69) is 23.7 Å². The van der Waals surface area contributed by atoms with Crippen molar-refractivity contribution in [2.75, 3.05) is 0 Å². The summed E-state index contributed by atoms with van der Waals surface area (Å²) in [6.07, 6.45) is 5.89. The molecule has 3 nitrogen and oxygen atoms in total. The van der Waals surface area contributed by atoms with E-state index in [1.165, 1.54) is 6.42 Å². The molecule has 1 fully saturated rings. The maximum atomic E-state index is 12.2. The van der Waals surface area contributed by atoms with Crippen LogP contribution in [0.1, 0.15) is 38.8 Å². The SMILES string of the molecule is CC1CCCC(C)N1C(=O)Cc1ccc[nH]1. The minimum atomic E-state index is 0.252. The van der Waals surface area contributed by atoms with E-state index < -0.39 is 0 Å². The van der Waals surface area contributed by atoms with Crippen molar-refractivity contribution in [1.82, 2.24) is 9.88 Å². The van der Waals surface area contributed by atoms with Crippen LogP contribution in [0.5, 0.6) is 0 Å². The number of hydrogen-bond acceptors (Lipinski definition) is 1. The van der Waals surface area contributed by atoms with E-state index in [9.17, 15) is 4.79 Å². The van der Waals surface area contributed by atoms with Gasteiger partial charge in [0.05, 0.1) is 6.42 Å². The zero-order chi connectivity index (χ0) is 11.5. The Morgan fingerprint density at radius 2 is 2.12 bits per heavy atom. The van der Waals surface area contributed by atoms with Gasteiger partial charge in [-0.15, -0.1) is 0 Å². The van der Waals surface area contributed by atoms with Gasteiger partial charge in [-0.05, 0) is 45.2 Å². The van der Waals surface area contributed by atoms with Crippen molar-refractivity contribution in [3.8, 4) is 0 Å². The number of amides is 1. The first kappa shape index (κ1) is 11.2. The number of nitrogens with zero attached hydrogens (tertiary/aromatic N) is 1. The molecule has 0 saturated carbocycles. The van der Waals surface area contributed by atoms with E-state index in [0.717, 1.165) is 18.5 Å². The summed E-state index contributed by atoms with van der Waals surface area (Å²) in [5.74, 6) is 0.252. The number of rotatable bonds is 2. The molecule has 0 radical (unpaired) electrons. The Kier molecular flexibility index (Phi) is 3.32. The Bertz CT molecular complexity index is 335. The fourth-order valence-corrected chi connectivity index (χ4v) is 2.64. The molecule has 2 rings (SSSR count). The largest absolute Gasteiger partial charge is 0.365 e. The highest BCUT2D eigenvalue weighted by atomic mass is 16.2. The molecule has 1 N–H and O–H groups in total. The van der Waals surface area contributed by atoms with Gasteiger partial charge in [-0.1, -0.05) is 0 Å². The van der Waals surface area contributed by atoms with Crippen LogP contribution in [0.25, 0.3) is 0 Å². The Labute approximate surface area is 96.8 Å². The molecule has 1 saturated heterocycles. The Morgan fingerprint density at radius 3 is 2.69 bits per heavy atom. The lowest BCUT2D eigenvalue weighted by Crippen LogP contribution is -2.48. The highest BCUT2D eigenvalue weighted by molar-refractivity contribution is 5.79. The Balaban J connectivity index is 2.02. The number of carbonyl (C=O) groups is 1. The van der Waals surface area contributed by atoms with Gasteiger partial charge in [0.25, 0.3) is 0 Å². The second kappa shape index (κ2) is 4.73. The van der Waals surface area contributed by atoms with Gasteiger partial charge in [0, 0.05) is 24.0 Å². The number of H-pyrrole nitrogens is 1. The van der Waals surface area contributed by atoms with Gasteiger partial charge in [0.2, 0.25) is 5.91 Å². The maximum absolute atomic E-state index is 12.2. The molecular formula is C13H20N2O. The van der Waals surface area contributed by atoms with Crippen LogP contribution in [0.2, 0.25) is 0 Å². The minimum absolute atomic E-state index is 0.252. The van der Waals surface area contributed by atoms with Crippen molar-refractivity contribution in [2.45, 2.75) is 51.6 Å². The van der Waals surface area contributed by atoms with Crippen LogP contribution in [0.4, 0.5) is 0 Å². The summed E-state index contributed by atoms with van der Waals surface area (Å²) in [6.45, 7) is 4.31. The van der Waals surface area contributed by atoms with Crippen molar-refractivity contribution >= 4 is 5.91 Å². The standard InChI is InChI=1S/C13H20N2O/c1-10-5-3-6-11(2)15(10)13(16)9-12-7-4-8-14-12/h4,7-8,10-11,14H,3,5-6,9H2,1-2H3. The first-order valence-corrected chi connectivity index (χ1v) is 6.12. The summed E-state index contributed by atoms with van der Waals surface area (Å²) < 4.78 is 0. The van der Waals surface area contributed by atoms with Gasteiger partial charge in [-0.25, -0.2) is 0 Å². The third kappa shape index (κ3) is 2.29. The van der Waals surface area contributed by atoms with Crippen LogP contribution < -0.4 is 0 Å². The Morgan fingerprint density at radius 1 is 1.44 bits per heavy atom. The van der Waals surface area contributed by atoms with E-state index in [0.29, 0.717) is 18.5 Å². The molecule has 0 aromatic carbocycles. The molecule has 1 aromatic rings. The van der Waals surface area contributed by atoms with Crippen LogP contribution in [0.3, 0.4) is 0 Å². The van der Waals surface area contributed by atoms with E-state index in [1.54, 1.807) is 0 Å². The van der Waals surface area contributed by atoms with Crippen molar-refractivity contribution in [1.29, 1.82) is 0 Å². The Hall–Kier alpha value is -1.25. The van der Waals surface area contributed by atoms with Crippen LogP contribution >= 0.6 is 0 Å². The molecule has 1 aliphatic heterocycles. The summed E-state index contributed by atoms with van der Waals surface area (Å²) in [6, 6.07) is 4.69. The zero-order valence-electron chi connectivity index (χ0n) is 10.1. The van der Waals surface area contributed by atoms with E-state index in [-0.39, 0.29) is 5.91 Å². The van der Waals surface area contributed by atoms with Gasteiger partial charge >= 0.3 is 0 Å². The molecule has 3 heteroatoms. The second-order valence-electron chi connectivity index (χ2n) is 4.80. The fraction of sp³-hybridized carbons (Fsp3) is 0.615. The molecule has 0 bridgehead atoms. The lowest BCUT2D eigenvalue weighted by molar-refractivity contribution is -0.136. The number of nitrogens with one attached hydrogen (secondary N) is 1. The highest BCUT2D eigenvalue weighted by Crippen LogP contribution is 2.23. The summed E-state index contributed by atoms with van der Waals surface area (Å²) in [7, 11) is 0. The summed E-state index contributed by atoms with van der Waals surface area (Å²) in [4.78, 5) is 17.3. The third-order valence-corrected chi connectivity index (χ3v) is 3.49. The van der Waals surface area contributed by atoms with Crippen LogP contribution in [0.15, 0.2) is 18.3 Å². The molecule has 2 unspecified atom stereocenters. The molecule has 0 spiro atoms. The predicted octanol–water partition coefficient (Wildman–Crippen LogP) is 2.35. The molecule has 1 aromatic heterocycles. The van der Waals surface area contributed by atoms with E-state index in [1.807, 2.05) is 18.3 Å². The summed E-state index contributed by atoms with van der Waals surface area (Å²) >= 11 is 0. The third-order valence-electron chi connectivity index (χ3n) is 3.49.